The molecule has 3 rings (SSSR count). The molecule has 48 heavy (non-hydrogen) atoms. The molecular formula is C35H46N4O9. The largest absolute Gasteiger partial charge is 0.379 e. The summed E-state index contributed by atoms with van der Waals surface area (Å²) in [5, 5.41) is 8.04. The lowest BCUT2D eigenvalue weighted by molar-refractivity contribution is -0.137. The van der Waals surface area contributed by atoms with Crippen molar-refractivity contribution >= 4 is 35.2 Å². The second-order valence-corrected chi connectivity index (χ2v) is 11.2. The number of aryl methyl sites for hydroxylation is 1. The first kappa shape index (κ1) is 38.0. The first-order valence-electron chi connectivity index (χ1n) is 16.0. The maximum atomic E-state index is 12.6. The molecule has 0 aliphatic carbocycles. The van der Waals surface area contributed by atoms with Gasteiger partial charge in [-0.15, -0.1) is 0 Å². The van der Waals surface area contributed by atoms with Crippen molar-refractivity contribution in [1.82, 2.24) is 15.5 Å². The van der Waals surface area contributed by atoms with Crippen LogP contribution in [0.15, 0.2) is 60.7 Å². The number of anilines is 1. The number of ether oxygens (including phenoxy) is 4. The standard InChI is InChI=1S/C35H46N4O9/c1-25-5-4-6-29(23-25)24-28-7-9-30(10-8-28)38-35(44)27(3)37-34(43)26(2)36-31(40)13-15-45-17-19-47-21-22-48-20-18-46-16-14-39-32(41)11-12-33(39)42/h4-12,23,26-27H,13-22,24H2,1-3H3,(H,36,40)(H,37,43)(H,38,44)/t26-,27-/m0/s1. The van der Waals surface area contributed by atoms with Gasteiger partial charge in [0, 0.05) is 24.3 Å². The molecule has 2 aromatic rings. The first-order valence-corrected chi connectivity index (χ1v) is 16.0. The summed E-state index contributed by atoms with van der Waals surface area (Å²) in [7, 11) is 0. The van der Waals surface area contributed by atoms with E-state index in [1.165, 1.54) is 23.3 Å². The Morgan fingerprint density at radius 2 is 1.25 bits per heavy atom. The summed E-state index contributed by atoms with van der Waals surface area (Å²) in [6.45, 7) is 7.79. The normalized spacial score (nSPS) is 13.8. The number of carbonyl (C=O) groups excluding carboxylic acids is 5. The van der Waals surface area contributed by atoms with E-state index in [0.717, 1.165) is 16.9 Å². The molecule has 0 saturated carbocycles. The third-order valence-corrected chi connectivity index (χ3v) is 7.18. The Balaban J connectivity index is 1.16. The number of hydrogen-bond donors (Lipinski definition) is 3. The SMILES string of the molecule is Cc1cccc(Cc2ccc(NC(=O)[C@H](C)NC(=O)[C@H](C)NC(=O)CCOCCOCCOCCOCCN3C(=O)C=CC3=O)cc2)c1. The average Bonchev–Trinajstić information content (AvgIpc) is 3.38. The van der Waals surface area contributed by atoms with Crippen LogP contribution >= 0.6 is 0 Å². The molecule has 0 spiro atoms. The van der Waals surface area contributed by atoms with Gasteiger partial charge in [-0.1, -0.05) is 42.0 Å². The predicted molar refractivity (Wildman–Crippen MR) is 178 cm³/mol. The van der Waals surface area contributed by atoms with Crippen molar-refractivity contribution in [3.8, 4) is 0 Å². The van der Waals surface area contributed by atoms with Gasteiger partial charge < -0.3 is 34.9 Å². The van der Waals surface area contributed by atoms with Gasteiger partial charge in [-0.2, -0.15) is 0 Å². The second-order valence-electron chi connectivity index (χ2n) is 11.2. The highest BCUT2D eigenvalue weighted by Crippen LogP contribution is 2.15. The Kier molecular flexibility index (Phi) is 16.4. The Morgan fingerprint density at radius 1 is 0.688 bits per heavy atom. The van der Waals surface area contributed by atoms with Gasteiger partial charge in [0.05, 0.1) is 59.4 Å². The molecule has 13 heteroatoms. The third-order valence-electron chi connectivity index (χ3n) is 7.18. The van der Waals surface area contributed by atoms with Crippen LogP contribution in [0.2, 0.25) is 0 Å². The fourth-order valence-corrected chi connectivity index (χ4v) is 4.53. The summed E-state index contributed by atoms with van der Waals surface area (Å²) in [6.07, 6.45) is 3.32. The second kappa shape index (κ2) is 20.7. The van der Waals surface area contributed by atoms with E-state index in [1.807, 2.05) is 30.3 Å². The zero-order valence-electron chi connectivity index (χ0n) is 27.8. The van der Waals surface area contributed by atoms with E-state index < -0.39 is 18.0 Å². The molecule has 13 nitrogen and oxygen atoms in total. The highest BCUT2D eigenvalue weighted by atomic mass is 16.6. The molecule has 3 N–H and O–H groups in total. The number of hydrogen-bond acceptors (Lipinski definition) is 9. The van der Waals surface area contributed by atoms with E-state index in [2.05, 4.69) is 41.1 Å². The topological polar surface area (TPSA) is 162 Å². The van der Waals surface area contributed by atoms with Crippen LogP contribution in [0.3, 0.4) is 0 Å². The van der Waals surface area contributed by atoms with Crippen LogP contribution in [0.5, 0.6) is 0 Å². The molecule has 0 unspecified atom stereocenters. The Hall–Kier alpha value is -4.43. The molecule has 0 saturated heterocycles. The molecule has 0 bridgehead atoms. The van der Waals surface area contributed by atoms with Gasteiger partial charge in [-0.05, 0) is 50.5 Å². The zero-order chi connectivity index (χ0) is 34.7. The molecule has 2 aromatic carbocycles. The summed E-state index contributed by atoms with van der Waals surface area (Å²) in [5.74, 6) is -1.87. The van der Waals surface area contributed by atoms with Crippen molar-refractivity contribution in [1.29, 1.82) is 0 Å². The molecular weight excluding hydrogens is 620 g/mol. The number of benzene rings is 2. The monoisotopic (exact) mass is 666 g/mol. The fourth-order valence-electron chi connectivity index (χ4n) is 4.53. The minimum Gasteiger partial charge on any atom is -0.379 e. The molecule has 260 valence electrons. The van der Waals surface area contributed by atoms with E-state index in [1.54, 1.807) is 13.8 Å². The molecule has 0 fully saturated rings. The maximum Gasteiger partial charge on any atom is 0.253 e. The lowest BCUT2D eigenvalue weighted by Crippen LogP contribution is -2.50. The van der Waals surface area contributed by atoms with Crippen LogP contribution in [0.1, 0.15) is 37.0 Å². The quantitative estimate of drug-likeness (QED) is 0.126. The zero-order valence-corrected chi connectivity index (χ0v) is 27.8. The Bertz CT molecular complexity index is 1380. The van der Waals surface area contributed by atoms with Crippen LogP contribution in [-0.4, -0.2) is 106 Å². The van der Waals surface area contributed by atoms with Crippen LogP contribution in [-0.2, 0) is 49.3 Å². The summed E-state index contributed by atoms with van der Waals surface area (Å²) < 4.78 is 21.6. The number of rotatable bonds is 22. The van der Waals surface area contributed by atoms with E-state index in [4.69, 9.17) is 18.9 Å². The van der Waals surface area contributed by atoms with Gasteiger partial charge in [0.2, 0.25) is 17.7 Å². The summed E-state index contributed by atoms with van der Waals surface area (Å²) in [4.78, 5) is 61.4. The number of carbonyl (C=O) groups is 5. The highest BCUT2D eigenvalue weighted by molar-refractivity contribution is 6.12. The van der Waals surface area contributed by atoms with Crippen molar-refractivity contribution in [3.63, 3.8) is 0 Å². The van der Waals surface area contributed by atoms with Crippen LogP contribution < -0.4 is 16.0 Å². The van der Waals surface area contributed by atoms with Gasteiger partial charge >= 0.3 is 0 Å². The maximum absolute atomic E-state index is 12.6. The lowest BCUT2D eigenvalue weighted by Gasteiger charge is -2.18. The molecule has 0 radical (unpaired) electrons. The molecule has 5 amide bonds. The fraction of sp³-hybridized carbons (Fsp3) is 0.457. The average molecular weight is 667 g/mol. The van der Waals surface area contributed by atoms with Crippen molar-refractivity contribution in [2.75, 3.05) is 64.7 Å². The summed E-state index contributed by atoms with van der Waals surface area (Å²) in [6, 6.07) is 14.2. The molecule has 2 atom stereocenters. The summed E-state index contributed by atoms with van der Waals surface area (Å²) in [5.41, 5.74) is 4.16. The lowest BCUT2D eigenvalue weighted by atomic mass is 10.0. The van der Waals surface area contributed by atoms with Crippen LogP contribution in [0.25, 0.3) is 0 Å². The molecule has 0 aromatic heterocycles. The van der Waals surface area contributed by atoms with Crippen molar-refractivity contribution < 1.29 is 42.9 Å². The van der Waals surface area contributed by atoms with Crippen molar-refractivity contribution in [2.45, 2.75) is 45.7 Å². The van der Waals surface area contributed by atoms with Gasteiger partial charge in [0.25, 0.3) is 11.8 Å². The number of nitrogens with one attached hydrogen (secondary N) is 3. The Morgan fingerprint density at radius 3 is 1.85 bits per heavy atom. The van der Waals surface area contributed by atoms with Crippen LogP contribution in [0.4, 0.5) is 5.69 Å². The molecule has 1 aliphatic rings. The van der Waals surface area contributed by atoms with E-state index in [-0.39, 0.29) is 56.4 Å². The van der Waals surface area contributed by atoms with Gasteiger partial charge in [-0.3, -0.25) is 28.9 Å². The summed E-state index contributed by atoms with van der Waals surface area (Å²) >= 11 is 0. The minimum absolute atomic E-state index is 0.0627. The Labute approximate surface area is 281 Å². The predicted octanol–water partition coefficient (Wildman–Crippen LogP) is 1.92. The van der Waals surface area contributed by atoms with Crippen molar-refractivity contribution in [3.05, 3.63) is 77.4 Å². The third kappa shape index (κ3) is 14.1. The van der Waals surface area contributed by atoms with E-state index in [0.29, 0.717) is 38.7 Å². The van der Waals surface area contributed by atoms with Gasteiger partial charge in [0.15, 0.2) is 0 Å². The van der Waals surface area contributed by atoms with E-state index in [9.17, 15) is 24.0 Å². The first-order chi connectivity index (χ1) is 23.1. The number of imide groups is 1. The van der Waals surface area contributed by atoms with E-state index >= 15 is 0 Å². The number of nitrogens with zero attached hydrogens (tertiary/aromatic N) is 1. The van der Waals surface area contributed by atoms with Gasteiger partial charge in [-0.25, -0.2) is 0 Å². The molecule has 1 heterocycles. The van der Waals surface area contributed by atoms with Crippen LogP contribution in [0, 0.1) is 6.92 Å². The smallest absolute Gasteiger partial charge is 0.253 e. The minimum atomic E-state index is -0.835. The molecule has 1 aliphatic heterocycles. The number of amides is 5. The van der Waals surface area contributed by atoms with Gasteiger partial charge in [0.1, 0.15) is 12.1 Å². The highest BCUT2D eigenvalue weighted by Gasteiger charge is 2.23. The van der Waals surface area contributed by atoms with Crippen molar-refractivity contribution in [2.24, 2.45) is 0 Å².